The highest BCUT2D eigenvalue weighted by Gasteiger charge is 2.30. The van der Waals surface area contributed by atoms with E-state index >= 15 is 0 Å². The zero-order chi connectivity index (χ0) is 20.2. The standard InChI is InChI=1S/C18H27F2N3O3S/c1-18(2,3)23-10-6-9-22(11-12-23)13-16(24)21-14-7-4-5-8-15(14)27(25,26)17(19)20/h4-5,7-8,17H,6,9-13H2,1-3H3,(H,21,24). The van der Waals surface area contributed by atoms with Crippen LogP contribution in [-0.2, 0) is 14.6 Å². The third kappa shape index (κ3) is 5.70. The number of alkyl halides is 2. The summed E-state index contributed by atoms with van der Waals surface area (Å²) in [6, 6.07) is 5.23. The Bertz CT molecular complexity index is 763. The molecule has 1 saturated heterocycles. The van der Waals surface area contributed by atoms with Gasteiger partial charge in [-0.3, -0.25) is 14.6 Å². The normalized spacial score (nSPS) is 17.7. The van der Waals surface area contributed by atoms with Crippen molar-refractivity contribution < 1.29 is 22.0 Å². The summed E-state index contributed by atoms with van der Waals surface area (Å²) >= 11 is 0. The highest BCUT2D eigenvalue weighted by molar-refractivity contribution is 7.91. The number of nitrogens with one attached hydrogen (secondary N) is 1. The number of hydrogen-bond acceptors (Lipinski definition) is 5. The third-order valence-electron chi connectivity index (χ3n) is 4.61. The van der Waals surface area contributed by atoms with Crippen molar-refractivity contribution in [3.63, 3.8) is 0 Å². The Morgan fingerprint density at radius 1 is 1.15 bits per heavy atom. The summed E-state index contributed by atoms with van der Waals surface area (Å²) in [5.41, 5.74) is -0.0603. The zero-order valence-electron chi connectivity index (χ0n) is 15.9. The van der Waals surface area contributed by atoms with E-state index in [1.807, 2.05) is 4.90 Å². The molecule has 152 valence electrons. The van der Waals surface area contributed by atoms with Gasteiger partial charge >= 0.3 is 5.76 Å². The molecular weight excluding hydrogens is 376 g/mol. The Balaban J connectivity index is 2.03. The van der Waals surface area contributed by atoms with E-state index < -0.39 is 26.4 Å². The number of anilines is 1. The monoisotopic (exact) mass is 403 g/mol. The Kier molecular flexibility index (Phi) is 6.93. The van der Waals surface area contributed by atoms with Gasteiger partial charge in [-0.15, -0.1) is 0 Å². The fraction of sp³-hybridized carbons (Fsp3) is 0.611. The first-order chi connectivity index (χ1) is 12.5. The van der Waals surface area contributed by atoms with Gasteiger partial charge in [-0.05, 0) is 52.4 Å². The molecule has 0 atom stereocenters. The van der Waals surface area contributed by atoms with Crippen molar-refractivity contribution >= 4 is 21.4 Å². The van der Waals surface area contributed by atoms with Crippen LogP contribution in [0.2, 0.25) is 0 Å². The lowest BCUT2D eigenvalue weighted by Crippen LogP contribution is -2.44. The highest BCUT2D eigenvalue weighted by atomic mass is 32.2. The molecule has 0 saturated carbocycles. The first kappa shape index (κ1) is 21.7. The lowest BCUT2D eigenvalue weighted by atomic mass is 10.1. The summed E-state index contributed by atoms with van der Waals surface area (Å²) in [6.07, 6.45) is 0.918. The van der Waals surface area contributed by atoms with Gasteiger partial charge in [0.15, 0.2) is 0 Å². The molecule has 0 bridgehead atoms. The molecule has 9 heteroatoms. The fourth-order valence-electron chi connectivity index (χ4n) is 3.11. The number of rotatable bonds is 5. The Morgan fingerprint density at radius 2 is 1.81 bits per heavy atom. The largest absolute Gasteiger partial charge is 0.341 e. The summed E-state index contributed by atoms with van der Waals surface area (Å²) < 4.78 is 49.3. The minimum Gasteiger partial charge on any atom is -0.324 e. The second kappa shape index (κ2) is 8.62. The Morgan fingerprint density at radius 3 is 2.44 bits per heavy atom. The van der Waals surface area contributed by atoms with Crippen molar-refractivity contribution in [1.29, 1.82) is 0 Å². The maximum absolute atomic E-state index is 12.9. The molecule has 1 amide bonds. The molecule has 2 rings (SSSR count). The molecule has 1 aliphatic rings. The summed E-state index contributed by atoms with van der Waals surface area (Å²) in [4.78, 5) is 16.2. The molecule has 1 fully saturated rings. The smallest absolute Gasteiger partial charge is 0.324 e. The number of nitrogens with zero attached hydrogens (tertiary/aromatic N) is 2. The number of halogens is 2. The lowest BCUT2D eigenvalue weighted by Gasteiger charge is -2.34. The first-order valence-corrected chi connectivity index (χ1v) is 10.4. The molecule has 1 N–H and O–H groups in total. The molecule has 6 nitrogen and oxygen atoms in total. The molecule has 0 aliphatic carbocycles. The number of amides is 1. The summed E-state index contributed by atoms with van der Waals surface area (Å²) in [5.74, 6) is -3.96. The molecule has 1 heterocycles. The van der Waals surface area contributed by atoms with Crippen LogP contribution in [0.3, 0.4) is 0 Å². The van der Waals surface area contributed by atoms with Crippen LogP contribution in [0.5, 0.6) is 0 Å². The average Bonchev–Trinajstić information content (AvgIpc) is 2.80. The SMILES string of the molecule is CC(C)(C)N1CCCN(CC(=O)Nc2ccccc2S(=O)(=O)C(F)F)CC1. The van der Waals surface area contributed by atoms with E-state index in [2.05, 4.69) is 31.0 Å². The van der Waals surface area contributed by atoms with Crippen LogP contribution in [0.25, 0.3) is 0 Å². The van der Waals surface area contributed by atoms with E-state index in [-0.39, 0.29) is 17.8 Å². The van der Waals surface area contributed by atoms with Crippen LogP contribution in [0, 0.1) is 0 Å². The summed E-state index contributed by atoms with van der Waals surface area (Å²) in [6.45, 7) is 9.76. The topological polar surface area (TPSA) is 69.7 Å². The second-order valence-electron chi connectivity index (χ2n) is 7.64. The first-order valence-electron chi connectivity index (χ1n) is 8.90. The van der Waals surface area contributed by atoms with Gasteiger partial charge in [0.1, 0.15) is 0 Å². The van der Waals surface area contributed by atoms with Gasteiger partial charge in [-0.2, -0.15) is 8.78 Å². The van der Waals surface area contributed by atoms with Crippen LogP contribution in [0.4, 0.5) is 14.5 Å². The van der Waals surface area contributed by atoms with Crippen molar-refractivity contribution in [1.82, 2.24) is 9.80 Å². The van der Waals surface area contributed by atoms with Crippen LogP contribution in [-0.4, -0.2) is 68.1 Å². The van der Waals surface area contributed by atoms with Crippen LogP contribution in [0.15, 0.2) is 29.2 Å². The lowest BCUT2D eigenvalue weighted by molar-refractivity contribution is -0.117. The second-order valence-corrected chi connectivity index (χ2v) is 9.52. The fourth-order valence-corrected chi connectivity index (χ4v) is 3.99. The molecule has 27 heavy (non-hydrogen) atoms. The van der Waals surface area contributed by atoms with Crippen molar-refractivity contribution in [2.75, 3.05) is 38.0 Å². The molecule has 0 spiro atoms. The van der Waals surface area contributed by atoms with Crippen molar-refractivity contribution in [3.8, 4) is 0 Å². The van der Waals surface area contributed by atoms with E-state index in [1.165, 1.54) is 18.2 Å². The Labute approximate surface area is 159 Å². The summed E-state index contributed by atoms with van der Waals surface area (Å²) in [5, 5.41) is 2.47. The molecule has 0 radical (unpaired) electrons. The molecule has 1 aromatic rings. The Hall–Kier alpha value is -1.58. The average molecular weight is 403 g/mol. The minimum atomic E-state index is -4.78. The van der Waals surface area contributed by atoms with Crippen LogP contribution < -0.4 is 5.32 Å². The zero-order valence-corrected chi connectivity index (χ0v) is 16.7. The van der Waals surface area contributed by atoms with Crippen molar-refractivity contribution in [3.05, 3.63) is 24.3 Å². The van der Waals surface area contributed by atoms with Gasteiger partial charge in [-0.25, -0.2) is 8.42 Å². The molecule has 0 aromatic heterocycles. The van der Waals surface area contributed by atoms with E-state index in [9.17, 15) is 22.0 Å². The maximum atomic E-state index is 12.9. The van der Waals surface area contributed by atoms with Gasteiger partial charge in [-0.1, -0.05) is 12.1 Å². The molecule has 1 aromatic carbocycles. The summed E-state index contributed by atoms with van der Waals surface area (Å²) in [7, 11) is -4.78. The van der Waals surface area contributed by atoms with Gasteiger partial charge in [0.2, 0.25) is 15.7 Å². The number of hydrogen-bond donors (Lipinski definition) is 1. The van der Waals surface area contributed by atoms with E-state index in [0.29, 0.717) is 6.54 Å². The van der Waals surface area contributed by atoms with E-state index in [0.717, 1.165) is 32.1 Å². The number of para-hydroxylation sites is 1. The third-order valence-corrected chi connectivity index (χ3v) is 6.04. The number of carbonyl (C=O) groups is 1. The predicted molar refractivity (Wildman–Crippen MR) is 101 cm³/mol. The molecule has 1 aliphatic heterocycles. The highest BCUT2D eigenvalue weighted by Crippen LogP contribution is 2.26. The van der Waals surface area contributed by atoms with Gasteiger partial charge in [0.05, 0.1) is 17.1 Å². The number of sulfone groups is 1. The molecular formula is C18H27F2N3O3S. The maximum Gasteiger partial charge on any atom is 0.341 e. The van der Waals surface area contributed by atoms with Crippen molar-refractivity contribution in [2.45, 2.75) is 43.4 Å². The van der Waals surface area contributed by atoms with Gasteiger partial charge < -0.3 is 5.32 Å². The van der Waals surface area contributed by atoms with Gasteiger partial charge in [0, 0.05) is 18.6 Å². The predicted octanol–water partition coefficient (Wildman–Crippen LogP) is 2.43. The minimum absolute atomic E-state index is 0.0564. The van der Waals surface area contributed by atoms with Crippen molar-refractivity contribution in [2.24, 2.45) is 0 Å². The molecule has 0 unspecified atom stereocenters. The van der Waals surface area contributed by atoms with E-state index in [1.54, 1.807) is 0 Å². The van der Waals surface area contributed by atoms with Gasteiger partial charge in [0.25, 0.3) is 0 Å². The number of carbonyl (C=O) groups excluding carboxylic acids is 1. The van der Waals surface area contributed by atoms with Crippen LogP contribution >= 0.6 is 0 Å². The number of benzene rings is 1. The van der Waals surface area contributed by atoms with Crippen LogP contribution in [0.1, 0.15) is 27.2 Å². The quantitative estimate of drug-likeness (QED) is 0.818. The van der Waals surface area contributed by atoms with E-state index in [4.69, 9.17) is 0 Å².